The fourth-order valence-corrected chi connectivity index (χ4v) is 1.89. The molecule has 0 radical (unpaired) electrons. The van der Waals surface area contributed by atoms with Gasteiger partial charge in [-0.25, -0.2) is 8.78 Å². The Morgan fingerprint density at radius 2 is 2.00 bits per heavy atom. The Kier molecular flexibility index (Phi) is 4.51. The highest BCUT2D eigenvalue weighted by Gasteiger charge is 2.11. The molecule has 0 spiro atoms. The number of aliphatic hydroxyl groups excluding tert-OH is 1. The van der Waals surface area contributed by atoms with E-state index in [9.17, 15) is 13.9 Å². The standard InChI is InChI=1S/C16H13F2NO2/c1-10(20)14-7-13(17)3-5-16(14)21-9-11-2-4-15(18)12(6-11)8-19/h2-7,10,20H,9H2,1H3/t10-/m1/s1. The maximum atomic E-state index is 13.2. The average Bonchev–Trinajstić information content (AvgIpc) is 2.47. The molecule has 1 N–H and O–H groups in total. The van der Waals surface area contributed by atoms with Crippen LogP contribution in [0.15, 0.2) is 36.4 Å². The first-order chi connectivity index (χ1) is 10.0. The number of ether oxygens (including phenoxy) is 1. The van der Waals surface area contributed by atoms with Crippen molar-refractivity contribution in [3.8, 4) is 11.8 Å². The predicted octanol–water partition coefficient (Wildman–Crippen LogP) is 3.47. The van der Waals surface area contributed by atoms with Crippen molar-refractivity contribution in [2.24, 2.45) is 0 Å². The molecule has 0 heterocycles. The molecule has 0 saturated heterocycles. The van der Waals surface area contributed by atoms with E-state index in [0.717, 1.165) is 0 Å². The first-order valence-corrected chi connectivity index (χ1v) is 6.30. The van der Waals surface area contributed by atoms with Crippen LogP contribution >= 0.6 is 0 Å². The van der Waals surface area contributed by atoms with Gasteiger partial charge in [0.05, 0.1) is 11.7 Å². The van der Waals surface area contributed by atoms with Gasteiger partial charge in [-0.15, -0.1) is 0 Å². The summed E-state index contributed by atoms with van der Waals surface area (Å²) in [5, 5.41) is 18.4. The first kappa shape index (κ1) is 14.9. The quantitative estimate of drug-likeness (QED) is 0.937. The molecule has 0 unspecified atom stereocenters. The van der Waals surface area contributed by atoms with Crippen molar-refractivity contribution in [3.63, 3.8) is 0 Å². The molecule has 0 fully saturated rings. The molecule has 0 bridgehead atoms. The number of nitrogens with zero attached hydrogens (tertiary/aromatic N) is 1. The van der Waals surface area contributed by atoms with Gasteiger partial charge in [0, 0.05) is 5.56 Å². The monoisotopic (exact) mass is 289 g/mol. The summed E-state index contributed by atoms with van der Waals surface area (Å²) in [6.07, 6.45) is -0.876. The SMILES string of the molecule is C[C@@H](O)c1cc(F)ccc1OCc1ccc(F)c(C#N)c1. The zero-order chi connectivity index (χ0) is 15.4. The van der Waals surface area contributed by atoms with Gasteiger partial charge in [0.25, 0.3) is 0 Å². The van der Waals surface area contributed by atoms with Crippen LogP contribution < -0.4 is 4.74 Å². The average molecular weight is 289 g/mol. The maximum absolute atomic E-state index is 13.2. The van der Waals surface area contributed by atoms with Gasteiger partial charge in [0.15, 0.2) is 0 Å². The highest BCUT2D eigenvalue weighted by molar-refractivity contribution is 5.37. The van der Waals surface area contributed by atoms with Crippen LogP contribution in [0.5, 0.6) is 5.75 Å². The predicted molar refractivity (Wildman–Crippen MR) is 72.5 cm³/mol. The van der Waals surface area contributed by atoms with E-state index in [-0.39, 0.29) is 12.2 Å². The van der Waals surface area contributed by atoms with Gasteiger partial charge in [-0.05, 0) is 42.8 Å². The lowest BCUT2D eigenvalue weighted by Gasteiger charge is -2.13. The van der Waals surface area contributed by atoms with E-state index in [1.54, 1.807) is 6.07 Å². The summed E-state index contributed by atoms with van der Waals surface area (Å²) in [6, 6.07) is 9.69. The third-order valence-electron chi connectivity index (χ3n) is 2.97. The van der Waals surface area contributed by atoms with Gasteiger partial charge in [-0.3, -0.25) is 0 Å². The minimum absolute atomic E-state index is 0.0639. The van der Waals surface area contributed by atoms with Crippen LogP contribution in [0.2, 0.25) is 0 Å². The second kappa shape index (κ2) is 6.33. The zero-order valence-electron chi connectivity index (χ0n) is 11.3. The molecular weight excluding hydrogens is 276 g/mol. The zero-order valence-corrected chi connectivity index (χ0v) is 11.3. The number of hydrogen-bond donors (Lipinski definition) is 1. The van der Waals surface area contributed by atoms with Crippen LogP contribution in [0, 0.1) is 23.0 Å². The van der Waals surface area contributed by atoms with E-state index in [1.807, 2.05) is 0 Å². The number of aliphatic hydroxyl groups is 1. The molecule has 1 atom stereocenters. The highest BCUT2D eigenvalue weighted by Crippen LogP contribution is 2.26. The number of rotatable bonds is 4. The Morgan fingerprint density at radius 3 is 2.67 bits per heavy atom. The molecule has 2 aromatic rings. The van der Waals surface area contributed by atoms with E-state index in [2.05, 4.69) is 0 Å². The number of hydrogen-bond acceptors (Lipinski definition) is 3. The Morgan fingerprint density at radius 1 is 1.24 bits per heavy atom. The van der Waals surface area contributed by atoms with Crippen molar-refractivity contribution < 1.29 is 18.6 Å². The molecule has 0 saturated carbocycles. The van der Waals surface area contributed by atoms with Crippen molar-refractivity contribution >= 4 is 0 Å². The van der Waals surface area contributed by atoms with Crippen molar-refractivity contribution in [2.75, 3.05) is 0 Å². The summed E-state index contributed by atoms with van der Waals surface area (Å²) in [7, 11) is 0. The van der Waals surface area contributed by atoms with E-state index >= 15 is 0 Å². The van der Waals surface area contributed by atoms with E-state index in [0.29, 0.717) is 16.9 Å². The number of benzene rings is 2. The van der Waals surface area contributed by atoms with E-state index < -0.39 is 17.7 Å². The van der Waals surface area contributed by atoms with Crippen molar-refractivity contribution in [1.82, 2.24) is 0 Å². The smallest absolute Gasteiger partial charge is 0.140 e. The van der Waals surface area contributed by atoms with E-state index in [4.69, 9.17) is 10.00 Å². The normalized spacial score (nSPS) is 11.8. The topological polar surface area (TPSA) is 53.2 Å². The Hall–Kier alpha value is -2.45. The van der Waals surface area contributed by atoms with Crippen LogP contribution in [0.1, 0.15) is 29.7 Å². The fourth-order valence-electron chi connectivity index (χ4n) is 1.89. The van der Waals surface area contributed by atoms with Gasteiger partial charge in [-0.2, -0.15) is 5.26 Å². The molecule has 2 aromatic carbocycles. The van der Waals surface area contributed by atoms with Gasteiger partial charge in [0.2, 0.25) is 0 Å². The fraction of sp³-hybridized carbons (Fsp3) is 0.188. The van der Waals surface area contributed by atoms with Gasteiger partial charge in [0.1, 0.15) is 30.1 Å². The summed E-state index contributed by atoms with van der Waals surface area (Å²) < 4.78 is 31.9. The van der Waals surface area contributed by atoms with Crippen molar-refractivity contribution in [1.29, 1.82) is 5.26 Å². The molecule has 0 aliphatic carbocycles. The largest absolute Gasteiger partial charge is 0.489 e. The number of halogens is 2. The minimum atomic E-state index is -0.876. The third kappa shape index (κ3) is 3.56. The van der Waals surface area contributed by atoms with Gasteiger partial charge < -0.3 is 9.84 Å². The molecule has 0 aliphatic rings. The third-order valence-corrected chi connectivity index (χ3v) is 2.97. The summed E-state index contributed by atoms with van der Waals surface area (Å²) in [4.78, 5) is 0. The van der Waals surface area contributed by atoms with Crippen molar-refractivity contribution in [2.45, 2.75) is 19.6 Å². The molecule has 0 aliphatic heterocycles. The molecule has 5 heteroatoms. The Bertz CT molecular complexity index is 693. The lowest BCUT2D eigenvalue weighted by Crippen LogP contribution is -2.02. The van der Waals surface area contributed by atoms with Crippen molar-refractivity contribution in [3.05, 3.63) is 64.7 Å². The highest BCUT2D eigenvalue weighted by atomic mass is 19.1. The molecular formula is C16H13F2NO2. The molecule has 3 nitrogen and oxygen atoms in total. The van der Waals surface area contributed by atoms with Crippen LogP contribution in [-0.2, 0) is 6.61 Å². The van der Waals surface area contributed by atoms with Gasteiger partial charge in [-0.1, -0.05) is 6.07 Å². The molecule has 0 aromatic heterocycles. The second-order valence-corrected chi connectivity index (χ2v) is 4.57. The molecule has 2 rings (SSSR count). The summed E-state index contributed by atoms with van der Waals surface area (Å²) >= 11 is 0. The lowest BCUT2D eigenvalue weighted by molar-refractivity contribution is 0.189. The Balaban J connectivity index is 2.19. The Labute approximate surface area is 121 Å². The first-order valence-electron chi connectivity index (χ1n) is 6.30. The maximum Gasteiger partial charge on any atom is 0.140 e. The van der Waals surface area contributed by atoms with E-state index in [1.165, 1.54) is 43.3 Å². The second-order valence-electron chi connectivity index (χ2n) is 4.57. The van der Waals surface area contributed by atoms with Gasteiger partial charge >= 0.3 is 0 Å². The van der Waals surface area contributed by atoms with Crippen LogP contribution in [0.3, 0.4) is 0 Å². The summed E-state index contributed by atoms with van der Waals surface area (Å²) in [5.41, 5.74) is 0.873. The molecule has 21 heavy (non-hydrogen) atoms. The van der Waals surface area contributed by atoms with Crippen LogP contribution in [-0.4, -0.2) is 5.11 Å². The minimum Gasteiger partial charge on any atom is -0.489 e. The van der Waals surface area contributed by atoms with Crippen LogP contribution in [0.25, 0.3) is 0 Å². The number of nitriles is 1. The molecule has 108 valence electrons. The van der Waals surface area contributed by atoms with Crippen LogP contribution in [0.4, 0.5) is 8.78 Å². The summed E-state index contributed by atoms with van der Waals surface area (Å²) in [6.45, 7) is 1.59. The summed E-state index contributed by atoms with van der Waals surface area (Å²) in [5.74, 6) is -0.714. The lowest BCUT2D eigenvalue weighted by atomic mass is 10.1. The molecule has 0 amide bonds.